The first-order valence-corrected chi connectivity index (χ1v) is 11.7. The van der Waals surface area contributed by atoms with Gasteiger partial charge in [0.15, 0.2) is 5.13 Å². The summed E-state index contributed by atoms with van der Waals surface area (Å²) in [6.07, 6.45) is 0. The maximum atomic E-state index is 13.5. The van der Waals surface area contributed by atoms with Crippen LogP contribution in [0.5, 0.6) is 0 Å². The standard InChI is InChI=1S/C26H18FN3O5S/c1-13-11-14(2)21-19(12-13)36-26(28-21)29-22(15-5-9-18(10-6-15)30(34)35)20(24(32)25(29)33)23(31)16-3-7-17(27)8-4-16/h3-12,22,31H,1-2H3/t22-/m0/s1. The van der Waals surface area contributed by atoms with Gasteiger partial charge in [-0.3, -0.25) is 24.6 Å². The number of benzene rings is 3. The molecule has 1 amide bonds. The summed E-state index contributed by atoms with van der Waals surface area (Å²) in [5.41, 5.74) is 2.74. The zero-order valence-corrected chi connectivity index (χ0v) is 19.9. The maximum absolute atomic E-state index is 13.5. The Kier molecular flexibility index (Phi) is 5.60. The predicted octanol–water partition coefficient (Wildman–Crippen LogP) is 5.59. The smallest absolute Gasteiger partial charge is 0.301 e. The van der Waals surface area contributed by atoms with Gasteiger partial charge in [0.2, 0.25) is 0 Å². The average molecular weight is 504 g/mol. The Labute approximate surface area is 208 Å². The molecule has 0 spiro atoms. The van der Waals surface area contributed by atoms with Crippen molar-refractivity contribution in [1.82, 2.24) is 4.98 Å². The lowest BCUT2D eigenvalue weighted by Gasteiger charge is -2.22. The second kappa shape index (κ2) is 8.65. The lowest BCUT2D eigenvalue weighted by Crippen LogP contribution is -2.29. The van der Waals surface area contributed by atoms with E-state index < -0.39 is 34.2 Å². The Morgan fingerprint density at radius 1 is 1.08 bits per heavy atom. The van der Waals surface area contributed by atoms with Crippen LogP contribution >= 0.6 is 11.3 Å². The fraction of sp³-hybridized carbons (Fsp3) is 0.115. The summed E-state index contributed by atoms with van der Waals surface area (Å²) < 4.78 is 14.3. The minimum Gasteiger partial charge on any atom is -0.507 e. The van der Waals surface area contributed by atoms with Crippen LogP contribution in [0.2, 0.25) is 0 Å². The Morgan fingerprint density at radius 2 is 1.75 bits per heavy atom. The number of halogens is 1. The zero-order chi connectivity index (χ0) is 25.7. The molecule has 1 atom stereocenters. The molecule has 36 heavy (non-hydrogen) atoms. The second-order valence-electron chi connectivity index (χ2n) is 8.45. The summed E-state index contributed by atoms with van der Waals surface area (Å²) in [6, 6.07) is 13.0. The molecular weight excluding hydrogens is 485 g/mol. The van der Waals surface area contributed by atoms with Crippen molar-refractivity contribution < 1.29 is 24.0 Å². The number of Topliss-reactive ketones (excluding diaryl/α,β-unsaturated/α-hetero) is 1. The van der Waals surface area contributed by atoms with Gasteiger partial charge in [-0.15, -0.1) is 0 Å². The molecule has 1 saturated heterocycles. The summed E-state index contributed by atoms with van der Waals surface area (Å²) in [6.45, 7) is 3.84. The predicted molar refractivity (Wildman–Crippen MR) is 133 cm³/mol. The number of rotatable bonds is 4. The highest BCUT2D eigenvalue weighted by atomic mass is 32.1. The molecule has 5 rings (SSSR count). The van der Waals surface area contributed by atoms with Crippen molar-refractivity contribution in [3.8, 4) is 0 Å². The van der Waals surface area contributed by atoms with Crippen LogP contribution in [0.3, 0.4) is 0 Å². The second-order valence-corrected chi connectivity index (χ2v) is 9.46. The number of hydrogen-bond acceptors (Lipinski definition) is 7. The van der Waals surface area contributed by atoms with E-state index in [1.165, 1.54) is 52.6 Å². The Hall–Kier alpha value is -4.44. The molecule has 1 N–H and O–H groups in total. The van der Waals surface area contributed by atoms with E-state index in [0.717, 1.165) is 28.0 Å². The number of amides is 1. The van der Waals surface area contributed by atoms with Crippen LogP contribution in [-0.4, -0.2) is 26.7 Å². The number of hydrogen-bond donors (Lipinski definition) is 1. The van der Waals surface area contributed by atoms with Crippen molar-refractivity contribution in [3.05, 3.63) is 104 Å². The molecule has 0 aliphatic carbocycles. The average Bonchev–Trinajstić information content (AvgIpc) is 3.38. The SMILES string of the molecule is Cc1cc(C)c2nc(N3C(=O)C(=O)C(=C(O)c4ccc(F)cc4)[C@@H]3c3ccc([N+](=O)[O-])cc3)sc2c1. The fourth-order valence-corrected chi connectivity index (χ4v) is 5.52. The first-order chi connectivity index (χ1) is 17.2. The van der Waals surface area contributed by atoms with Crippen molar-refractivity contribution in [2.24, 2.45) is 0 Å². The topological polar surface area (TPSA) is 114 Å². The Bertz CT molecular complexity index is 1590. The zero-order valence-electron chi connectivity index (χ0n) is 19.1. The lowest BCUT2D eigenvalue weighted by atomic mass is 9.95. The van der Waals surface area contributed by atoms with Crippen LogP contribution in [0.4, 0.5) is 15.2 Å². The minimum atomic E-state index is -1.10. The van der Waals surface area contributed by atoms with E-state index in [-0.39, 0.29) is 22.0 Å². The first-order valence-electron chi connectivity index (χ1n) is 10.8. The number of aliphatic hydroxyl groups is 1. The number of ketones is 1. The van der Waals surface area contributed by atoms with E-state index in [4.69, 9.17) is 0 Å². The van der Waals surface area contributed by atoms with Gasteiger partial charge in [0.25, 0.3) is 11.5 Å². The summed E-state index contributed by atoms with van der Waals surface area (Å²) in [4.78, 5) is 43.0. The quantitative estimate of drug-likeness (QED) is 0.128. The lowest BCUT2D eigenvalue weighted by molar-refractivity contribution is -0.384. The molecule has 2 heterocycles. The van der Waals surface area contributed by atoms with E-state index in [9.17, 15) is 29.2 Å². The number of carbonyl (C=O) groups excluding carboxylic acids is 2. The third kappa shape index (κ3) is 3.81. The fourth-order valence-electron chi connectivity index (χ4n) is 4.35. The van der Waals surface area contributed by atoms with E-state index in [1.807, 2.05) is 26.0 Å². The summed E-state index contributed by atoms with van der Waals surface area (Å²) >= 11 is 1.23. The Balaban J connectivity index is 1.73. The van der Waals surface area contributed by atoms with Crippen molar-refractivity contribution >= 4 is 49.8 Å². The number of nitro benzene ring substituents is 1. The van der Waals surface area contributed by atoms with Gasteiger partial charge in [0.05, 0.1) is 26.8 Å². The Morgan fingerprint density at radius 3 is 2.39 bits per heavy atom. The van der Waals surface area contributed by atoms with E-state index in [0.29, 0.717) is 11.1 Å². The molecule has 0 bridgehead atoms. The summed E-state index contributed by atoms with van der Waals surface area (Å²) in [5, 5.41) is 22.5. The number of thiazole rings is 1. The molecule has 1 fully saturated rings. The number of aliphatic hydroxyl groups excluding tert-OH is 1. The monoisotopic (exact) mass is 503 g/mol. The summed E-state index contributed by atoms with van der Waals surface area (Å²) in [5.74, 6) is -2.84. The molecule has 1 aliphatic heterocycles. The molecule has 0 radical (unpaired) electrons. The summed E-state index contributed by atoms with van der Waals surface area (Å²) in [7, 11) is 0. The largest absolute Gasteiger partial charge is 0.507 e. The molecule has 4 aromatic rings. The number of aryl methyl sites for hydroxylation is 2. The number of non-ortho nitro benzene ring substituents is 1. The van der Waals surface area contributed by atoms with Gasteiger partial charge in [-0.25, -0.2) is 9.37 Å². The van der Waals surface area contributed by atoms with E-state index >= 15 is 0 Å². The molecule has 8 nitrogen and oxygen atoms in total. The van der Waals surface area contributed by atoms with Crippen LogP contribution in [0.25, 0.3) is 16.0 Å². The van der Waals surface area contributed by atoms with E-state index in [1.54, 1.807) is 0 Å². The van der Waals surface area contributed by atoms with Crippen LogP contribution < -0.4 is 4.90 Å². The highest BCUT2D eigenvalue weighted by Crippen LogP contribution is 2.45. The highest BCUT2D eigenvalue weighted by molar-refractivity contribution is 7.22. The molecule has 3 aromatic carbocycles. The number of aromatic nitrogens is 1. The van der Waals surface area contributed by atoms with Crippen LogP contribution in [0.1, 0.15) is 28.3 Å². The van der Waals surface area contributed by atoms with Gasteiger partial charge < -0.3 is 5.11 Å². The third-order valence-corrected chi connectivity index (χ3v) is 7.01. The number of nitrogens with zero attached hydrogens (tertiary/aromatic N) is 3. The van der Waals surface area contributed by atoms with Crippen LogP contribution in [-0.2, 0) is 9.59 Å². The van der Waals surface area contributed by atoms with Crippen molar-refractivity contribution in [2.75, 3.05) is 4.90 Å². The molecule has 180 valence electrons. The van der Waals surface area contributed by atoms with Gasteiger partial charge in [-0.05, 0) is 73.0 Å². The molecule has 0 saturated carbocycles. The maximum Gasteiger partial charge on any atom is 0.301 e. The van der Waals surface area contributed by atoms with Crippen molar-refractivity contribution in [1.29, 1.82) is 0 Å². The minimum absolute atomic E-state index is 0.150. The van der Waals surface area contributed by atoms with Gasteiger partial charge in [-0.2, -0.15) is 0 Å². The number of anilines is 1. The van der Waals surface area contributed by atoms with Crippen molar-refractivity contribution in [2.45, 2.75) is 19.9 Å². The van der Waals surface area contributed by atoms with Crippen LogP contribution in [0, 0.1) is 29.8 Å². The van der Waals surface area contributed by atoms with E-state index in [2.05, 4.69) is 4.98 Å². The number of nitro groups is 1. The van der Waals surface area contributed by atoms with Gasteiger partial charge in [0.1, 0.15) is 11.6 Å². The van der Waals surface area contributed by atoms with Crippen molar-refractivity contribution in [3.63, 3.8) is 0 Å². The van der Waals surface area contributed by atoms with Gasteiger partial charge in [-0.1, -0.05) is 17.4 Å². The molecule has 10 heteroatoms. The highest BCUT2D eigenvalue weighted by Gasteiger charge is 2.48. The first kappa shape index (κ1) is 23.3. The molecule has 1 aliphatic rings. The molecular formula is C26H18FN3O5S. The number of fused-ring (bicyclic) bond motifs is 1. The van der Waals surface area contributed by atoms with Gasteiger partial charge >= 0.3 is 5.91 Å². The third-order valence-electron chi connectivity index (χ3n) is 6.01. The van der Waals surface area contributed by atoms with Gasteiger partial charge in [0, 0.05) is 17.7 Å². The molecule has 0 unspecified atom stereocenters. The van der Waals surface area contributed by atoms with Crippen LogP contribution in [0.15, 0.2) is 66.2 Å². The number of carbonyl (C=O) groups is 2. The normalized spacial score (nSPS) is 17.2. The molecule has 1 aromatic heterocycles.